The van der Waals surface area contributed by atoms with Crippen LogP contribution < -0.4 is 5.32 Å². The SMILES string of the molecule is CNCc1cn(Cc2cc(C)cc(C)c2)c2ncccc12. The van der Waals surface area contributed by atoms with Crippen molar-refractivity contribution in [3.8, 4) is 0 Å². The summed E-state index contributed by atoms with van der Waals surface area (Å²) in [5, 5.41) is 4.46. The molecule has 3 aromatic rings. The summed E-state index contributed by atoms with van der Waals surface area (Å²) in [6.45, 7) is 6.02. The quantitative estimate of drug-likeness (QED) is 0.793. The Balaban J connectivity index is 2.04. The van der Waals surface area contributed by atoms with Gasteiger partial charge in [0.15, 0.2) is 0 Å². The van der Waals surface area contributed by atoms with Crippen molar-refractivity contribution in [1.29, 1.82) is 0 Å². The highest BCUT2D eigenvalue weighted by Crippen LogP contribution is 2.21. The summed E-state index contributed by atoms with van der Waals surface area (Å²) in [7, 11) is 1.98. The van der Waals surface area contributed by atoms with E-state index in [1.807, 2.05) is 19.3 Å². The standard InChI is InChI=1S/C18H21N3/c1-13-7-14(2)9-15(8-13)11-21-12-16(10-19-3)17-5-4-6-20-18(17)21/h4-9,12,19H,10-11H2,1-3H3. The van der Waals surface area contributed by atoms with Crippen LogP contribution in [0.2, 0.25) is 0 Å². The largest absolute Gasteiger partial charge is 0.328 e. The molecule has 0 aliphatic rings. The average molecular weight is 279 g/mol. The van der Waals surface area contributed by atoms with Crippen LogP contribution in [-0.4, -0.2) is 16.6 Å². The molecule has 0 bridgehead atoms. The van der Waals surface area contributed by atoms with Crippen molar-refractivity contribution < 1.29 is 0 Å². The lowest BCUT2D eigenvalue weighted by atomic mass is 10.1. The predicted octanol–water partition coefficient (Wildman–Crippen LogP) is 3.42. The van der Waals surface area contributed by atoms with E-state index in [1.54, 1.807) is 0 Å². The lowest BCUT2D eigenvalue weighted by molar-refractivity contribution is 0.791. The van der Waals surface area contributed by atoms with Crippen LogP contribution in [0.25, 0.3) is 11.0 Å². The van der Waals surface area contributed by atoms with Gasteiger partial charge < -0.3 is 9.88 Å². The topological polar surface area (TPSA) is 29.9 Å². The van der Waals surface area contributed by atoms with Crippen molar-refractivity contribution in [3.63, 3.8) is 0 Å². The fourth-order valence-electron chi connectivity index (χ4n) is 3.00. The van der Waals surface area contributed by atoms with E-state index in [9.17, 15) is 0 Å². The molecule has 0 aliphatic carbocycles. The van der Waals surface area contributed by atoms with Gasteiger partial charge in [-0.3, -0.25) is 0 Å². The number of aryl methyl sites for hydroxylation is 2. The minimum atomic E-state index is 0.861. The van der Waals surface area contributed by atoms with E-state index in [2.05, 4.69) is 59.2 Å². The summed E-state index contributed by atoms with van der Waals surface area (Å²) >= 11 is 0. The zero-order valence-electron chi connectivity index (χ0n) is 12.9. The van der Waals surface area contributed by atoms with Gasteiger partial charge >= 0.3 is 0 Å². The third-order valence-electron chi connectivity index (χ3n) is 3.72. The predicted molar refractivity (Wildman–Crippen MR) is 87.5 cm³/mol. The van der Waals surface area contributed by atoms with E-state index in [1.165, 1.54) is 27.6 Å². The Hall–Kier alpha value is -2.13. The summed E-state index contributed by atoms with van der Waals surface area (Å²) in [5.74, 6) is 0. The van der Waals surface area contributed by atoms with Gasteiger partial charge in [0.2, 0.25) is 0 Å². The fraction of sp³-hybridized carbons (Fsp3) is 0.278. The van der Waals surface area contributed by atoms with Crippen LogP contribution in [0.15, 0.2) is 42.7 Å². The lowest BCUT2D eigenvalue weighted by Gasteiger charge is -2.07. The van der Waals surface area contributed by atoms with E-state index in [0.29, 0.717) is 0 Å². The molecule has 0 atom stereocenters. The Kier molecular flexibility index (Phi) is 3.76. The zero-order chi connectivity index (χ0) is 14.8. The van der Waals surface area contributed by atoms with Crippen molar-refractivity contribution in [2.45, 2.75) is 26.9 Å². The second-order valence-corrected chi connectivity index (χ2v) is 5.68. The highest BCUT2D eigenvalue weighted by atomic mass is 15.0. The first kappa shape index (κ1) is 13.8. The molecule has 0 radical (unpaired) electrons. The van der Waals surface area contributed by atoms with Crippen molar-refractivity contribution in [2.24, 2.45) is 0 Å². The molecule has 1 N–H and O–H groups in total. The minimum Gasteiger partial charge on any atom is -0.328 e. The molecule has 0 spiro atoms. The van der Waals surface area contributed by atoms with Gasteiger partial charge in [-0.05, 0) is 44.2 Å². The molecular weight excluding hydrogens is 258 g/mol. The Morgan fingerprint density at radius 1 is 1.14 bits per heavy atom. The number of hydrogen-bond acceptors (Lipinski definition) is 2. The summed E-state index contributed by atoms with van der Waals surface area (Å²) < 4.78 is 2.25. The van der Waals surface area contributed by atoms with Crippen molar-refractivity contribution >= 4 is 11.0 Å². The number of pyridine rings is 1. The lowest BCUT2D eigenvalue weighted by Crippen LogP contribution is -2.04. The third-order valence-corrected chi connectivity index (χ3v) is 3.72. The van der Waals surface area contributed by atoms with Crippen LogP contribution in [0.5, 0.6) is 0 Å². The molecule has 108 valence electrons. The average Bonchev–Trinajstić information content (AvgIpc) is 2.77. The molecular formula is C18H21N3. The van der Waals surface area contributed by atoms with Crippen LogP contribution >= 0.6 is 0 Å². The van der Waals surface area contributed by atoms with Gasteiger partial charge in [0.1, 0.15) is 5.65 Å². The smallest absolute Gasteiger partial charge is 0.140 e. The van der Waals surface area contributed by atoms with Gasteiger partial charge in [-0.25, -0.2) is 4.98 Å². The van der Waals surface area contributed by atoms with Crippen LogP contribution in [0.1, 0.15) is 22.3 Å². The summed E-state index contributed by atoms with van der Waals surface area (Å²) in [5.41, 5.74) is 6.30. The molecule has 0 saturated carbocycles. The van der Waals surface area contributed by atoms with E-state index in [-0.39, 0.29) is 0 Å². The number of benzene rings is 1. The van der Waals surface area contributed by atoms with Crippen molar-refractivity contribution in [3.05, 3.63) is 65.0 Å². The maximum Gasteiger partial charge on any atom is 0.140 e. The first-order valence-corrected chi connectivity index (χ1v) is 7.32. The van der Waals surface area contributed by atoms with Crippen LogP contribution in [0, 0.1) is 13.8 Å². The van der Waals surface area contributed by atoms with E-state index >= 15 is 0 Å². The fourth-order valence-corrected chi connectivity index (χ4v) is 3.00. The minimum absolute atomic E-state index is 0.861. The number of rotatable bonds is 4. The molecule has 1 aromatic carbocycles. The first-order chi connectivity index (χ1) is 10.2. The first-order valence-electron chi connectivity index (χ1n) is 7.32. The van der Waals surface area contributed by atoms with Gasteiger partial charge in [0.25, 0.3) is 0 Å². The molecule has 0 fully saturated rings. The summed E-state index contributed by atoms with van der Waals surface area (Å²) in [6.07, 6.45) is 4.08. The molecule has 0 aliphatic heterocycles. The maximum atomic E-state index is 4.56. The molecule has 0 amide bonds. The normalized spacial score (nSPS) is 11.2. The highest BCUT2D eigenvalue weighted by molar-refractivity contribution is 5.80. The molecule has 21 heavy (non-hydrogen) atoms. The van der Waals surface area contributed by atoms with E-state index < -0.39 is 0 Å². The van der Waals surface area contributed by atoms with Gasteiger partial charge in [-0.2, -0.15) is 0 Å². The van der Waals surface area contributed by atoms with Gasteiger partial charge in [0, 0.05) is 30.9 Å². The Morgan fingerprint density at radius 2 is 1.90 bits per heavy atom. The molecule has 3 nitrogen and oxygen atoms in total. The molecule has 2 aromatic heterocycles. The summed E-state index contributed by atoms with van der Waals surface area (Å²) in [6, 6.07) is 10.9. The number of hydrogen-bond donors (Lipinski definition) is 1. The number of aromatic nitrogens is 2. The molecule has 3 rings (SSSR count). The molecule has 0 unspecified atom stereocenters. The second-order valence-electron chi connectivity index (χ2n) is 5.68. The third kappa shape index (κ3) is 2.83. The maximum absolute atomic E-state index is 4.56. The van der Waals surface area contributed by atoms with Crippen LogP contribution in [-0.2, 0) is 13.1 Å². The molecule has 2 heterocycles. The second kappa shape index (κ2) is 5.70. The Bertz CT molecular complexity index is 751. The van der Waals surface area contributed by atoms with Gasteiger partial charge in [-0.1, -0.05) is 29.3 Å². The van der Waals surface area contributed by atoms with Gasteiger partial charge in [-0.15, -0.1) is 0 Å². The number of fused-ring (bicyclic) bond motifs is 1. The van der Waals surface area contributed by atoms with Crippen LogP contribution in [0.4, 0.5) is 0 Å². The van der Waals surface area contributed by atoms with E-state index in [0.717, 1.165) is 18.7 Å². The monoisotopic (exact) mass is 279 g/mol. The highest BCUT2D eigenvalue weighted by Gasteiger charge is 2.09. The summed E-state index contributed by atoms with van der Waals surface area (Å²) in [4.78, 5) is 4.56. The molecule has 0 saturated heterocycles. The Labute approximate surface area is 125 Å². The number of nitrogens with zero attached hydrogens (tertiary/aromatic N) is 2. The van der Waals surface area contributed by atoms with Crippen LogP contribution in [0.3, 0.4) is 0 Å². The molecule has 3 heteroatoms. The number of nitrogens with one attached hydrogen (secondary N) is 1. The zero-order valence-corrected chi connectivity index (χ0v) is 12.9. The van der Waals surface area contributed by atoms with Gasteiger partial charge in [0.05, 0.1) is 0 Å². The Morgan fingerprint density at radius 3 is 2.62 bits per heavy atom. The van der Waals surface area contributed by atoms with E-state index in [4.69, 9.17) is 0 Å². The van der Waals surface area contributed by atoms with Crippen molar-refractivity contribution in [2.75, 3.05) is 7.05 Å². The van der Waals surface area contributed by atoms with Crippen molar-refractivity contribution in [1.82, 2.24) is 14.9 Å².